The summed E-state index contributed by atoms with van der Waals surface area (Å²) in [5.41, 5.74) is 4.69. The van der Waals surface area contributed by atoms with Crippen LogP contribution in [0, 0.1) is 0 Å². The minimum atomic E-state index is -0.420. The van der Waals surface area contributed by atoms with Crippen molar-refractivity contribution < 1.29 is 9.59 Å². The van der Waals surface area contributed by atoms with Gasteiger partial charge in [0, 0.05) is 30.4 Å². The predicted octanol–water partition coefficient (Wildman–Crippen LogP) is 2.29. The highest BCUT2D eigenvalue weighted by Crippen LogP contribution is 2.11. The van der Waals surface area contributed by atoms with Crippen LogP contribution in [0.25, 0.3) is 0 Å². The highest BCUT2D eigenvalue weighted by molar-refractivity contribution is 6.30. The molecule has 0 atom stereocenters. The van der Waals surface area contributed by atoms with E-state index in [0.29, 0.717) is 10.6 Å². The van der Waals surface area contributed by atoms with Gasteiger partial charge in [0.25, 0.3) is 11.8 Å². The number of carbonyl (C=O) groups is 2. The zero-order valence-corrected chi connectivity index (χ0v) is 14.7. The van der Waals surface area contributed by atoms with Crippen LogP contribution in [0.4, 0.5) is 5.69 Å². The molecule has 2 aromatic carbocycles. The topological polar surface area (TPSA) is 73.8 Å². The van der Waals surface area contributed by atoms with Gasteiger partial charge >= 0.3 is 0 Å². The van der Waals surface area contributed by atoms with E-state index >= 15 is 0 Å². The molecule has 2 amide bonds. The number of rotatable bonds is 6. The molecule has 0 unspecified atom stereocenters. The highest BCUT2D eigenvalue weighted by atomic mass is 35.5. The largest absolute Gasteiger partial charge is 0.378 e. The fourth-order valence-corrected chi connectivity index (χ4v) is 2.16. The summed E-state index contributed by atoms with van der Waals surface area (Å²) in [4.78, 5) is 25.6. The zero-order valence-electron chi connectivity index (χ0n) is 14.0. The van der Waals surface area contributed by atoms with Gasteiger partial charge in [-0.1, -0.05) is 29.8 Å². The SMILES string of the molecule is CN(C)c1ccc(/C=N/NC(=O)CNC(=O)c2cccc(Cl)c2)cc1. The van der Waals surface area contributed by atoms with E-state index in [9.17, 15) is 9.59 Å². The maximum absolute atomic E-state index is 11.9. The number of hydrogen-bond donors (Lipinski definition) is 2. The lowest BCUT2D eigenvalue weighted by atomic mass is 10.2. The molecular formula is C18H19ClN4O2. The first-order valence-electron chi connectivity index (χ1n) is 7.59. The van der Waals surface area contributed by atoms with Crippen molar-refractivity contribution in [3.8, 4) is 0 Å². The molecule has 0 aromatic heterocycles. The number of hydrazone groups is 1. The Morgan fingerprint density at radius 1 is 1.16 bits per heavy atom. The monoisotopic (exact) mass is 358 g/mol. The van der Waals surface area contributed by atoms with Gasteiger partial charge in [-0.2, -0.15) is 5.10 Å². The third-order valence-electron chi connectivity index (χ3n) is 3.31. The highest BCUT2D eigenvalue weighted by Gasteiger charge is 2.07. The van der Waals surface area contributed by atoms with Gasteiger partial charge in [-0.15, -0.1) is 0 Å². The Bertz CT molecular complexity index is 773. The molecule has 0 aliphatic carbocycles. The molecule has 0 aliphatic rings. The first kappa shape index (κ1) is 18.5. The van der Waals surface area contributed by atoms with Crippen molar-refractivity contribution in [2.45, 2.75) is 0 Å². The Kier molecular flexibility index (Phi) is 6.54. The number of anilines is 1. The molecule has 0 saturated heterocycles. The number of hydrogen-bond acceptors (Lipinski definition) is 4. The number of amides is 2. The van der Waals surface area contributed by atoms with E-state index in [2.05, 4.69) is 15.8 Å². The molecule has 2 aromatic rings. The fraction of sp³-hybridized carbons (Fsp3) is 0.167. The Morgan fingerprint density at radius 2 is 1.88 bits per heavy atom. The maximum Gasteiger partial charge on any atom is 0.259 e. The molecule has 6 nitrogen and oxygen atoms in total. The zero-order chi connectivity index (χ0) is 18.2. The average molecular weight is 359 g/mol. The number of nitrogens with zero attached hydrogens (tertiary/aromatic N) is 2. The van der Waals surface area contributed by atoms with E-state index in [0.717, 1.165) is 11.3 Å². The Morgan fingerprint density at radius 3 is 2.52 bits per heavy atom. The predicted molar refractivity (Wildman–Crippen MR) is 100 cm³/mol. The van der Waals surface area contributed by atoms with Crippen LogP contribution < -0.4 is 15.6 Å². The van der Waals surface area contributed by atoms with E-state index < -0.39 is 5.91 Å². The molecule has 0 bridgehead atoms. The van der Waals surface area contributed by atoms with E-state index in [1.54, 1.807) is 18.2 Å². The quantitative estimate of drug-likeness (QED) is 0.614. The first-order chi connectivity index (χ1) is 12.0. The molecule has 0 radical (unpaired) electrons. The van der Waals surface area contributed by atoms with Crippen LogP contribution in [-0.2, 0) is 4.79 Å². The van der Waals surface area contributed by atoms with Crippen molar-refractivity contribution in [2.24, 2.45) is 5.10 Å². The number of nitrogens with one attached hydrogen (secondary N) is 2. The van der Waals surface area contributed by atoms with Gasteiger partial charge in [0.2, 0.25) is 0 Å². The lowest BCUT2D eigenvalue weighted by molar-refractivity contribution is -0.120. The minimum absolute atomic E-state index is 0.178. The molecule has 2 rings (SSSR count). The van der Waals surface area contributed by atoms with E-state index in [1.165, 1.54) is 12.3 Å². The van der Waals surface area contributed by atoms with Crippen LogP contribution in [0.2, 0.25) is 5.02 Å². The molecular weight excluding hydrogens is 340 g/mol. The summed E-state index contributed by atoms with van der Waals surface area (Å²) in [6.07, 6.45) is 1.54. The van der Waals surface area contributed by atoms with Gasteiger partial charge < -0.3 is 10.2 Å². The van der Waals surface area contributed by atoms with Gasteiger partial charge in [-0.3, -0.25) is 9.59 Å². The van der Waals surface area contributed by atoms with Crippen LogP contribution in [0.3, 0.4) is 0 Å². The molecule has 0 saturated carbocycles. The average Bonchev–Trinajstić information content (AvgIpc) is 2.60. The molecule has 7 heteroatoms. The smallest absolute Gasteiger partial charge is 0.259 e. The van der Waals surface area contributed by atoms with Crippen molar-refractivity contribution >= 4 is 35.3 Å². The van der Waals surface area contributed by atoms with Crippen LogP contribution in [0.15, 0.2) is 53.6 Å². The Hall–Kier alpha value is -2.86. The number of halogens is 1. The van der Waals surface area contributed by atoms with Crippen LogP contribution in [0.1, 0.15) is 15.9 Å². The van der Waals surface area contributed by atoms with E-state index in [1.807, 2.05) is 43.3 Å². The molecule has 0 fully saturated rings. The summed E-state index contributed by atoms with van der Waals surface area (Å²) in [6, 6.07) is 14.2. The van der Waals surface area contributed by atoms with Gasteiger partial charge in [-0.25, -0.2) is 5.43 Å². The van der Waals surface area contributed by atoms with Crippen molar-refractivity contribution in [2.75, 3.05) is 25.5 Å². The standard InChI is InChI=1S/C18H19ClN4O2/c1-23(2)16-8-6-13(7-9-16)11-21-22-17(24)12-20-18(25)14-4-3-5-15(19)10-14/h3-11H,12H2,1-2H3,(H,20,25)(H,22,24)/b21-11+. The second-order valence-electron chi connectivity index (χ2n) is 5.47. The van der Waals surface area contributed by atoms with Gasteiger partial charge in [-0.05, 0) is 35.9 Å². The Balaban J connectivity index is 1.79. The second-order valence-corrected chi connectivity index (χ2v) is 5.91. The summed E-state index contributed by atoms with van der Waals surface area (Å²) in [5, 5.41) is 6.84. The molecule has 0 aliphatic heterocycles. The lowest BCUT2D eigenvalue weighted by Gasteiger charge is -2.11. The van der Waals surface area contributed by atoms with Gasteiger partial charge in [0.05, 0.1) is 12.8 Å². The van der Waals surface area contributed by atoms with Crippen LogP contribution >= 0.6 is 11.6 Å². The molecule has 2 N–H and O–H groups in total. The van der Waals surface area contributed by atoms with Crippen molar-refractivity contribution in [3.05, 3.63) is 64.7 Å². The van der Waals surface area contributed by atoms with Crippen molar-refractivity contribution in [1.29, 1.82) is 0 Å². The van der Waals surface area contributed by atoms with Crippen molar-refractivity contribution in [1.82, 2.24) is 10.7 Å². The van der Waals surface area contributed by atoms with Gasteiger partial charge in [0.1, 0.15) is 0 Å². The molecule has 0 heterocycles. The lowest BCUT2D eigenvalue weighted by Crippen LogP contribution is -2.34. The second kappa shape index (κ2) is 8.84. The summed E-state index contributed by atoms with van der Waals surface area (Å²) in [6.45, 7) is -0.178. The summed E-state index contributed by atoms with van der Waals surface area (Å²) >= 11 is 5.82. The fourth-order valence-electron chi connectivity index (χ4n) is 1.97. The van der Waals surface area contributed by atoms with E-state index in [-0.39, 0.29) is 12.5 Å². The Labute approximate surface area is 151 Å². The third-order valence-corrected chi connectivity index (χ3v) is 3.54. The molecule has 0 spiro atoms. The third kappa shape index (κ3) is 5.93. The van der Waals surface area contributed by atoms with Crippen molar-refractivity contribution in [3.63, 3.8) is 0 Å². The normalized spacial score (nSPS) is 10.5. The van der Waals surface area contributed by atoms with Crippen LogP contribution in [-0.4, -0.2) is 38.7 Å². The number of carbonyl (C=O) groups excluding carboxylic acids is 2. The minimum Gasteiger partial charge on any atom is -0.378 e. The summed E-state index contributed by atoms with van der Waals surface area (Å²) < 4.78 is 0. The summed E-state index contributed by atoms with van der Waals surface area (Å²) in [7, 11) is 3.92. The van der Waals surface area contributed by atoms with E-state index in [4.69, 9.17) is 11.6 Å². The number of benzene rings is 2. The summed E-state index contributed by atoms with van der Waals surface area (Å²) in [5.74, 6) is -0.794. The first-order valence-corrected chi connectivity index (χ1v) is 7.96. The molecule has 25 heavy (non-hydrogen) atoms. The molecule has 130 valence electrons. The maximum atomic E-state index is 11.9. The van der Waals surface area contributed by atoms with Gasteiger partial charge in [0.15, 0.2) is 0 Å². The van der Waals surface area contributed by atoms with Crippen LogP contribution in [0.5, 0.6) is 0 Å².